The Kier molecular flexibility index (Phi) is 5.54. The highest BCUT2D eigenvalue weighted by atomic mass is 35.5. The van der Waals surface area contributed by atoms with Gasteiger partial charge in [-0.15, -0.1) is 23.7 Å². The smallest absolute Gasteiger partial charge is 0.107 e. The van der Waals surface area contributed by atoms with Gasteiger partial charge in [0.2, 0.25) is 0 Å². The molecule has 1 aromatic carbocycles. The molecule has 5 heteroatoms. The predicted molar refractivity (Wildman–Crippen MR) is 87.2 cm³/mol. The van der Waals surface area contributed by atoms with Crippen LogP contribution in [0.3, 0.4) is 0 Å². The van der Waals surface area contributed by atoms with Crippen LogP contribution < -0.4 is 5.73 Å². The van der Waals surface area contributed by atoms with Crippen molar-refractivity contribution in [3.63, 3.8) is 0 Å². The first-order valence-electron chi connectivity index (χ1n) is 6.77. The number of likely N-dealkylation sites (tertiary alicyclic amines) is 1. The first-order chi connectivity index (χ1) is 9.35. The van der Waals surface area contributed by atoms with Gasteiger partial charge in [-0.3, -0.25) is 4.90 Å². The SMILES string of the molecule is Cl.NCC1CCN(Cc2nc(-c3ccccc3)cs2)C1. The van der Waals surface area contributed by atoms with Crippen LogP contribution in [-0.4, -0.2) is 29.5 Å². The molecular formula is C15H20ClN3S. The maximum atomic E-state index is 5.73. The van der Waals surface area contributed by atoms with Crippen molar-refractivity contribution in [2.45, 2.75) is 13.0 Å². The highest BCUT2D eigenvalue weighted by Gasteiger charge is 2.21. The molecule has 108 valence electrons. The van der Waals surface area contributed by atoms with E-state index in [0.717, 1.165) is 31.9 Å². The Morgan fingerprint density at radius 1 is 1.30 bits per heavy atom. The van der Waals surface area contributed by atoms with Crippen molar-refractivity contribution in [2.24, 2.45) is 11.7 Å². The summed E-state index contributed by atoms with van der Waals surface area (Å²) in [4.78, 5) is 7.20. The lowest BCUT2D eigenvalue weighted by molar-refractivity contribution is 0.317. The van der Waals surface area contributed by atoms with Gasteiger partial charge in [0.25, 0.3) is 0 Å². The summed E-state index contributed by atoms with van der Waals surface area (Å²) in [6.07, 6.45) is 1.23. The van der Waals surface area contributed by atoms with E-state index < -0.39 is 0 Å². The molecular weight excluding hydrogens is 290 g/mol. The second kappa shape index (κ2) is 7.18. The number of nitrogens with two attached hydrogens (primary N) is 1. The van der Waals surface area contributed by atoms with Crippen molar-refractivity contribution in [1.82, 2.24) is 9.88 Å². The molecule has 2 N–H and O–H groups in total. The molecule has 0 radical (unpaired) electrons. The van der Waals surface area contributed by atoms with E-state index in [-0.39, 0.29) is 12.4 Å². The summed E-state index contributed by atoms with van der Waals surface area (Å²) in [6.45, 7) is 4.05. The lowest BCUT2D eigenvalue weighted by Crippen LogP contribution is -2.22. The molecule has 0 bridgehead atoms. The van der Waals surface area contributed by atoms with E-state index in [2.05, 4.69) is 34.5 Å². The maximum absolute atomic E-state index is 5.73. The molecule has 2 heterocycles. The van der Waals surface area contributed by atoms with Crippen molar-refractivity contribution in [3.8, 4) is 11.3 Å². The molecule has 0 aliphatic carbocycles. The summed E-state index contributed by atoms with van der Waals surface area (Å²) < 4.78 is 0. The molecule has 1 atom stereocenters. The molecule has 1 saturated heterocycles. The standard InChI is InChI=1S/C15H19N3S.ClH/c16-8-12-6-7-18(9-12)10-15-17-14(11-19-15)13-4-2-1-3-5-13;/h1-5,11-12H,6-10,16H2;1H. The second-order valence-electron chi connectivity index (χ2n) is 5.12. The van der Waals surface area contributed by atoms with E-state index in [4.69, 9.17) is 10.7 Å². The molecule has 1 unspecified atom stereocenters. The van der Waals surface area contributed by atoms with Crippen LogP contribution in [0.15, 0.2) is 35.7 Å². The zero-order valence-corrected chi connectivity index (χ0v) is 13.0. The Balaban J connectivity index is 0.00000147. The minimum absolute atomic E-state index is 0. The number of hydrogen-bond donors (Lipinski definition) is 1. The highest BCUT2D eigenvalue weighted by Crippen LogP contribution is 2.24. The average molecular weight is 310 g/mol. The fourth-order valence-electron chi connectivity index (χ4n) is 2.57. The van der Waals surface area contributed by atoms with Gasteiger partial charge in [0.05, 0.1) is 12.2 Å². The van der Waals surface area contributed by atoms with Gasteiger partial charge in [0.15, 0.2) is 0 Å². The monoisotopic (exact) mass is 309 g/mol. The third-order valence-corrected chi connectivity index (χ3v) is 4.52. The van der Waals surface area contributed by atoms with Crippen molar-refractivity contribution in [3.05, 3.63) is 40.7 Å². The number of aromatic nitrogens is 1. The van der Waals surface area contributed by atoms with Crippen LogP contribution in [0.4, 0.5) is 0 Å². The van der Waals surface area contributed by atoms with Crippen molar-refractivity contribution >= 4 is 23.7 Å². The van der Waals surface area contributed by atoms with E-state index in [1.165, 1.54) is 17.0 Å². The lowest BCUT2D eigenvalue weighted by atomic mass is 10.1. The number of hydrogen-bond acceptors (Lipinski definition) is 4. The lowest BCUT2D eigenvalue weighted by Gasteiger charge is -2.13. The van der Waals surface area contributed by atoms with Gasteiger partial charge in [-0.2, -0.15) is 0 Å². The number of thiazole rings is 1. The van der Waals surface area contributed by atoms with Crippen LogP contribution in [0.25, 0.3) is 11.3 Å². The topological polar surface area (TPSA) is 42.1 Å². The Morgan fingerprint density at radius 2 is 2.10 bits per heavy atom. The van der Waals surface area contributed by atoms with Gasteiger partial charge >= 0.3 is 0 Å². The van der Waals surface area contributed by atoms with Gasteiger partial charge in [0.1, 0.15) is 5.01 Å². The molecule has 1 aliphatic rings. The molecule has 3 rings (SSSR count). The molecule has 0 amide bonds. The summed E-state index contributed by atoms with van der Waals surface area (Å²) >= 11 is 1.76. The van der Waals surface area contributed by atoms with Gasteiger partial charge in [-0.1, -0.05) is 30.3 Å². The average Bonchev–Trinajstić information content (AvgIpc) is 3.09. The van der Waals surface area contributed by atoms with E-state index in [0.29, 0.717) is 5.92 Å². The predicted octanol–water partition coefficient (Wildman–Crippen LogP) is 3.01. The van der Waals surface area contributed by atoms with Crippen LogP contribution in [0.2, 0.25) is 0 Å². The minimum atomic E-state index is 0. The Morgan fingerprint density at radius 3 is 2.80 bits per heavy atom. The molecule has 0 spiro atoms. The highest BCUT2D eigenvalue weighted by molar-refractivity contribution is 7.09. The Hall–Kier alpha value is -0.940. The minimum Gasteiger partial charge on any atom is -0.330 e. The Labute approximate surface area is 130 Å². The fraction of sp³-hybridized carbons (Fsp3) is 0.400. The molecule has 1 aromatic heterocycles. The summed E-state index contributed by atoms with van der Waals surface area (Å²) in [5, 5.41) is 3.36. The number of rotatable bonds is 4. The zero-order valence-electron chi connectivity index (χ0n) is 11.4. The van der Waals surface area contributed by atoms with Crippen LogP contribution >= 0.6 is 23.7 Å². The quantitative estimate of drug-likeness (QED) is 0.944. The third kappa shape index (κ3) is 3.58. The summed E-state index contributed by atoms with van der Waals surface area (Å²) in [6, 6.07) is 10.4. The first-order valence-corrected chi connectivity index (χ1v) is 7.65. The Bertz CT molecular complexity index is 529. The first kappa shape index (κ1) is 15.4. The molecule has 1 aliphatic heterocycles. The van der Waals surface area contributed by atoms with E-state index >= 15 is 0 Å². The maximum Gasteiger partial charge on any atom is 0.107 e. The number of benzene rings is 1. The molecule has 3 nitrogen and oxygen atoms in total. The van der Waals surface area contributed by atoms with Gasteiger partial charge in [-0.25, -0.2) is 4.98 Å². The molecule has 2 aromatic rings. The third-order valence-electron chi connectivity index (χ3n) is 3.68. The van der Waals surface area contributed by atoms with Crippen molar-refractivity contribution in [1.29, 1.82) is 0 Å². The van der Waals surface area contributed by atoms with Crippen molar-refractivity contribution in [2.75, 3.05) is 19.6 Å². The van der Waals surface area contributed by atoms with Crippen LogP contribution in [0.5, 0.6) is 0 Å². The zero-order chi connectivity index (χ0) is 13.1. The van der Waals surface area contributed by atoms with Crippen LogP contribution in [0.1, 0.15) is 11.4 Å². The van der Waals surface area contributed by atoms with E-state index in [9.17, 15) is 0 Å². The normalized spacial score (nSPS) is 18.9. The largest absolute Gasteiger partial charge is 0.330 e. The second-order valence-corrected chi connectivity index (χ2v) is 6.06. The van der Waals surface area contributed by atoms with Gasteiger partial charge in [0, 0.05) is 17.5 Å². The molecule has 1 fully saturated rings. The summed E-state index contributed by atoms with van der Waals surface area (Å²) in [5.74, 6) is 0.675. The summed E-state index contributed by atoms with van der Waals surface area (Å²) in [7, 11) is 0. The summed E-state index contributed by atoms with van der Waals surface area (Å²) in [5.41, 5.74) is 8.02. The molecule has 0 saturated carbocycles. The van der Waals surface area contributed by atoms with Crippen LogP contribution in [-0.2, 0) is 6.54 Å². The van der Waals surface area contributed by atoms with E-state index in [1.54, 1.807) is 11.3 Å². The number of nitrogens with zero attached hydrogens (tertiary/aromatic N) is 2. The number of halogens is 1. The van der Waals surface area contributed by atoms with Crippen LogP contribution in [0, 0.1) is 5.92 Å². The van der Waals surface area contributed by atoms with E-state index in [1.807, 2.05) is 6.07 Å². The molecule has 20 heavy (non-hydrogen) atoms. The van der Waals surface area contributed by atoms with Crippen molar-refractivity contribution < 1.29 is 0 Å². The van der Waals surface area contributed by atoms with Gasteiger partial charge < -0.3 is 5.73 Å². The fourth-order valence-corrected chi connectivity index (χ4v) is 3.41. The van der Waals surface area contributed by atoms with Gasteiger partial charge in [-0.05, 0) is 25.4 Å².